The summed E-state index contributed by atoms with van der Waals surface area (Å²) in [5, 5.41) is 9.83. The molecule has 0 amide bonds. The van der Waals surface area contributed by atoms with Crippen molar-refractivity contribution in [3.63, 3.8) is 0 Å². The number of aliphatic hydroxyl groups is 1. The zero-order chi connectivity index (χ0) is 14.2. The average Bonchev–Trinajstić information content (AvgIpc) is 2.14. The smallest absolute Gasteiger partial charge is 0.385 e. The molecule has 1 rings (SSSR count). The quantitative estimate of drug-likeness (QED) is 0.827. The topological polar surface area (TPSA) is 20.2 Å². The predicted octanol–water partition coefficient (Wildman–Crippen LogP) is 3.79. The van der Waals surface area contributed by atoms with Gasteiger partial charge in [-0.25, -0.2) is 0 Å². The van der Waals surface area contributed by atoms with Gasteiger partial charge in [0.2, 0.25) is 0 Å². The highest BCUT2D eigenvalue weighted by molar-refractivity contribution is 5.27. The minimum absolute atomic E-state index is 0.0337. The lowest BCUT2D eigenvalue weighted by atomic mass is 9.88. The van der Waals surface area contributed by atoms with Crippen molar-refractivity contribution in [2.75, 3.05) is 0 Å². The lowest BCUT2D eigenvalue weighted by Gasteiger charge is -2.30. The van der Waals surface area contributed by atoms with E-state index >= 15 is 0 Å². The molecule has 0 aromatic heterocycles. The Morgan fingerprint density at radius 1 is 1.11 bits per heavy atom. The van der Waals surface area contributed by atoms with Crippen molar-refractivity contribution in [1.29, 1.82) is 0 Å². The predicted molar refractivity (Wildman–Crippen MR) is 56.4 cm³/mol. The molecule has 0 saturated heterocycles. The molecular weight excluding hydrogens is 255 g/mol. The normalized spacial score (nSPS) is 16.4. The van der Waals surface area contributed by atoms with Gasteiger partial charge in [0.15, 0.2) is 0 Å². The molecule has 1 unspecified atom stereocenters. The van der Waals surface area contributed by atoms with Crippen LogP contribution in [-0.2, 0) is 5.60 Å². The van der Waals surface area contributed by atoms with E-state index in [4.69, 9.17) is 0 Å². The first-order valence-electron chi connectivity index (χ1n) is 5.20. The summed E-state index contributed by atoms with van der Waals surface area (Å²) in [6.45, 7) is 2.60. The van der Waals surface area contributed by atoms with E-state index in [1.54, 1.807) is 13.0 Å². The maximum Gasteiger partial charge on any atom is 0.453 e. The molecule has 1 nitrogen and oxygen atoms in total. The Balaban J connectivity index is 3.02. The van der Waals surface area contributed by atoms with Gasteiger partial charge in [-0.15, -0.1) is 0 Å². The van der Waals surface area contributed by atoms with E-state index in [1.165, 1.54) is 18.2 Å². The summed E-state index contributed by atoms with van der Waals surface area (Å²) in [5.74, 6) is -4.93. The van der Waals surface area contributed by atoms with Gasteiger partial charge in [0.1, 0.15) is 0 Å². The van der Waals surface area contributed by atoms with Gasteiger partial charge in [-0.05, 0) is 19.4 Å². The minimum atomic E-state index is -5.67. The molecule has 1 atom stereocenters. The molecule has 18 heavy (non-hydrogen) atoms. The Morgan fingerprint density at radius 3 is 2.11 bits per heavy atom. The first kappa shape index (κ1) is 14.9. The second-order valence-electron chi connectivity index (χ2n) is 4.52. The summed E-state index contributed by atoms with van der Waals surface area (Å²) >= 11 is 0. The fraction of sp³-hybridized carbons (Fsp3) is 0.500. The first-order chi connectivity index (χ1) is 7.96. The van der Waals surface area contributed by atoms with Crippen LogP contribution in [0.25, 0.3) is 0 Å². The summed E-state index contributed by atoms with van der Waals surface area (Å²) < 4.78 is 62.1. The van der Waals surface area contributed by atoms with Crippen LogP contribution in [0.15, 0.2) is 24.3 Å². The Labute approximate surface area is 101 Å². The molecule has 0 fully saturated rings. The highest BCUT2D eigenvalue weighted by Gasteiger charge is 2.59. The van der Waals surface area contributed by atoms with Crippen LogP contribution >= 0.6 is 0 Å². The molecule has 1 aromatic rings. The molecule has 0 saturated carbocycles. The summed E-state index contributed by atoms with van der Waals surface area (Å²) in [6.07, 6.45) is -7.37. The maximum atomic E-state index is 12.9. The third kappa shape index (κ3) is 3.19. The Hall–Kier alpha value is -1.17. The fourth-order valence-corrected chi connectivity index (χ4v) is 1.61. The summed E-state index contributed by atoms with van der Waals surface area (Å²) in [7, 11) is 0. The van der Waals surface area contributed by atoms with Crippen LogP contribution in [0.4, 0.5) is 22.0 Å². The molecule has 102 valence electrons. The number of hydrogen-bond donors (Lipinski definition) is 1. The van der Waals surface area contributed by atoms with Crippen molar-refractivity contribution >= 4 is 0 Å². The molecular formula is C12H13F5O. The van der Waals surface area contributed by atoms with Crippen LogP contribution < -0.4 is 0 Å². The van der Waals surface area contributed by atoms with Crippen molar-refractivity contribution in [1.82, 2.24) is 0 Å². The molecule has 1 aromatic carbocycles. The van der Waals surface area contributed by atoms with E-state index in [1.807, 2.05) is 0 Å². The van der Waals surface area contributed by atoms with Crippen LogP contribution in [0.3, 0.4) is 0 Å². The van der Waals surface area contributed by atoms with E-state index in [9.17, 15) is 27.1 Å². The van der Waals surface area contributed by atoms with Crippen LogP contribution in [0, 0.1) is 6.92 Å². The molecule has 0 radical (unpaired) electrons. The monoisotopic (exact) mass is 268 g/mol. The van der Waals surface area contributed by atoms with Crippen molar-refractivity contribution in [2.24, 2.45) is 0 Å². The van der Waals surface area contributed by atoms with Gasteiger partial charge in [-0.3, -0.25) is 0 Å². The van der Waals surface area contributed by atoms with Gasteiger partial charge in [0, 0.05) is 0 Å². The number of rotatable bonds is 3. The molecule has 0 aliphatic rings. The van der Waals surface area contributed by atoms with E-state index in [0.29, 0.717) is 5.56 Å². The number of aryl methyl sites for hydroxylation is 1. The maximum absolute atomic E-state index is 12.9. The van der Waals surface area contributed by atoms with Crippen molar-refractivity contribution in [2.45, 2.75) is 38.0 Å². The minimum Gasteiger partial charge on any atom is -0.385 e. The zero-order valence-electron chi connectivity index (χ0n) is 9.85. The number of hydrogen-bond acceptors (Lipinski definition) is 1. The van der Waals surface area contributed by atoms with Gasteiger partial charge in [0.25, 0.3) is 0 Å². The molecule has 0 aliphatic heterocycles. The largest absolute Gasteiger partial charge is 0.453 e. The van der Waals surface area contributed by atoms with Crippen LogP contribution in [-0.4, -0.2) is 17.2 Å². The SMILES string of the molecule is Cc1cccc(C(C)(O)CC(F)(F)C(F)(F)F)c1. The first-order valence-corrected chi connectivity index (χ1v) is 5.20. The van der Waals surface area contributed by atoms with Gasteiger partial charge in [-0.1, -0.05) is 29.8 Å². The van der Waals surface area contributed by atoms with Crippen LogP contribution in [0.1, 0.15) is 24.5 Å². The molecule has 0 bridgehead atoms. The Bertz CT molecular complexity index is 423. The highest BCUT2D eigenvalue weighted by atomic mass is 19.4. The average molecular weight is 268 g/mol. The van der Waals surface area contributed by atoms with Crippen LogP contribution in [0.2, 0.25) is 0 Å². The summed E-state index contributed by atoms with van der Waals surface area (Å²) in [5.41, 5.74) is -1.54. The molecule has 0 heterocycles. The zero-order valence-corrected chi connectivity index (χ0v) is 9.85. The lowest BCUT2D eigenvalue weighted by molar-refractivity contribution is -0.296. The number of benzene rings is 1. The molecule has 0 spiro atoms. The Kier molecular flexibility index (Phi) is 3.72. The molecule has 0 aliphatic carbocycles. The van der Waals surface area contributed by atoms with E-state index in [0.717, 1.165) is 6.92 Å². The highest BCUT2D eigenvalue weighted by Crippen LogP contribution is 2.43. The summed E-state index contributed by atoms with van der Waals surface area (Å²) in [6, 6.07) is 5.85. The fourth-order valence-electron chi connectivity index (χ4n) is 1.61. The summed E-state index contributed by atoms with van der Waals surface area (Å²) in [4.78, 5) is 0. The number of halogens is 5. The third-order valence-corrected chi connectivity index (χ3v) is 2.62. The molecule has 1 N–H and O–H groups in total. The van der Waals surface area contributed by atoms with Gasteiger partial charge in [0.05, 0.1) is 12.0 Å². The van der Waals surface area contributed by atoms with Crippen LogP contribution in [0.5, 0.6) is 0 Å². The Morgan fingerprint density at radius 2 is 1.67 bits per heavy atom. The van der Waals surface area contributed by atoms with E-state index in [2.05, 4.69) is 0 Å². The second-order valence-corrected chi connectivity index (χ2v) is 4.52. The van der Waals surface area contributed by atoms with Crippen molar-refractivity contribution < 1.29 is 27.1 Å². The van der Waals surface area contributed by atoms with Gasteiger partial charge < -0.3 is 5.11 Å². The lowest BCUT2D eigenvalue weighted by Crippen LogP contribution is -2.42. The van der Waals surface area contributed by atoms with E-state index in [-0.39, 0.29) is 5.56 Å². The van der Waals surface area contributed by atoms with E-state index < -0.39 is 24.1 Å². The second kappa shape index (κ2) is 4.50. The third-order valence-electron chi connectivity index (χ3n) is 2.62. The standard InChI is InChI=1S/C12H13F5O/c1-8-4-3-5-9(6-8)10(2,18)7-11(13,14)12(15,16)17/h3-6,18H,7H2,1-2H3. The van der Waals surface area contributed by atoms with Gasteiger partial charge >= 0.3 is 12.1 Å². The molecule has 6 heteroatoms. The van der Waals surface area contributed by atoms with Gasteiger partial charge in [-0.2, -0.15) is 22.0 Å². The number of alkyl halides is 5. The van der Waals surface area contributed by atoms with Crippen molar-refractivity contribution in [3.8, 4) is 0 Å². The van der Waals surface area contributed by atoms with Crippen molar-refractivity contribution in [3.05, 3.63) is 35.4 Å².